The molecule has 1 aliphatic heterocycles. The van der Waals surface area contributed by atoms with Crippen LogP contribution in [0.2, 0.25) is 0 Å². The van der Waals surface area contributed by atoms with E-state index in [1.54, 1.807) is 37.3 Å². The van der Waals surface area contributed by atoms with E-state index >= 15 is 0 Å². The summed E-state index contributed by atoms with van der Waals surface area (Å²) in [5.74, 6) is -0.0197. The van der Waals surface area contributed by atoms with Gasteiger partial charge < -0.3 is 19.6 Å². The number of amides is 2. The summed E-state index contributed by atoms with van der Waals surface area (Å²) in [4.78, 5) is 30.5. The molecule has 2 heterocycles. The number of carbonyl (C=O) groups is 2. The van der Waals surface area contributed by atoms with Crippen LogP contribution in [0.1, 0.15) is 59.6 Å². The number of carbonyl (C=O) groups excluding carboxylic acids is 2. The summed E-state index contributed by atoms with van der Waals surface area (Å²) in [5.41, 5.74) is 2.51. The second-order valence-corrected chi connectivity index (χ2v) is 12.4. The highest BCUT2D eigenvalue weighted by Crippen LogP contribution is 2.22. The van der Waals surface area contributed by atoms with Gasteiger partial charge in [-0.15, -0.1) is 0 Å². The minimum Gasteiger partial charge on any atom is -0.351 e. The van der Waals surface area contributed by atoms with E-state index in [1.807, 2.05) is 42.2 Å². The van der Waals surface area contributed by atoms with Gasteiger partial charge in [-0.3, -0.25) is 9.59 Å². The molecule has 1 aromatic heterocycles. The van der Waals surface area contributed by atoms with Gasteiger partial charge in [0.15, 0.2) is 9.84 Å². The van der Waals surface area contributed by atoms with Gasteiger partial charge in [0.25, 0.3) is 5.91 Å². The van der Waals surface area contributed by atoms with Crippen LogP contribution in [0.4, 0.5) is 0 Å². The van der Waals surface area contributed by atoms with Crippen molar-refractivity contribution < 1.29 is 22.5 Å². The molecule has 2 aromatic carbocycles. The summed E-state index contributed by atoms with van der Waals surface area (Å²) in [6.07, 6.45) is 3.93. The standard InChI is InChI=1S/C30H38N4O5S/c1-4-34(29(35)21-23-10-12-26(13-11-23)40(3,37)38)25-14-17-33(18-15-25)19-16-27(24-8-6-5-7-9-24)31-30(36)28-20-22(2)32-39-28/h5-13,20,25,27H,4,14-19,21H2,1-3H3,(H,31,36)/t27-/m0/s1. The lowest BCUT2D eigenvalue weighted by molar-refractivity contribution is -0.133. The molecule has 3 aromatic rings. The van der Waals surface area contributed by atoms with E-state index in [4.69, 9.17) is 4.52 Å². The number of benzene rings is 2. The van der Waals surface area contributed by atoms with Gasteiger partial charge in [0.2, 0.25) is 11.7 Å². The number of nitrogens with zero attached hydrogens (tertiary/aromatic N) is 3. The molecule has 40 heavy (non-hydrogen) atoms. The number of sulfone groups is 1. The fourth-order valence-corrected chi connectivity index (χ4v) is 5.87. The minimum atomic E-state index is -3.26. The van der Waals surface area contributed by atoms with Crippen LogP contribution >= 0.6 is 0 Å². The Morgan fingerprint density at radius 3 is 2.35 bits per heavy atom. The minimum absolute atomic E-state index is 0.0579. The van der Waals surface area contributed by atoms with Crippen molar-refractivity contribution in [1.82, 2.24) is 20.3 Å². The van der Waals surface area contributed by atoms with Crippen LogP contribution in [-0.2, 0) is 21.1 Å². The van der Waals surface area contributed by atoms with Crippen molar-refractivity contribution in [1.29, 1.82) is 0 Å². The van der Waals surface area contributed by atoms with E-state index < -0.39 is 9.84 Å². The zero-order chi connectivity index (χ0) is 28.7. The van der Waals surface area contributed by atoms with Crippen molar-refractivity contribution in [3.8, 4) is 0 Å². The van der Waals surface area contributed by atoms with Crippen molar-refractivity contribution in [3.63, 3.8) is 0 Å². The molecule has 0 saturated carbocycles. The lowest BCUT2D eigenvalue weighted by Gasteiger charge is -2.38. The van der Waals surface area contributed by atoms with E-state index in [-0.39, 0.29) is 41.0 Å². The van der Waals surface area contributed by atoms with Crippen molar-refractivity contribution in [3.05, 3.63) is 83.2 Å². The van der Waals surface area contributed by atoms with Crippen LogP contribution in [0, 0.1) is 6.92 Å². The van der Waals surface area contributed by atoms with Gasteiger partial charge in [-0.25, -0.2) is 8.42 Å². The first-order valence-corrected chi connectivity index (χ1v) is 15.6. The summed E-state index contributed by atoms with van der Waals surface area (Å²) in [6.45, 7) is 6.97. The molecule has 2 amide bonds. The van der Waals surface area contributed by atoms with Crippen molar-refractivity contribution >= 4 is 21.7 Å². The number of nitrogens with one attached hydrogen (secondary N) is 1. The van der Waals surface area contributed by atoms with Crippen LogP contribution in [0.5, 0.6) is 0 Å². The Morgan fingerprint density at radius 1 is 1.10 bits per heavy atom. The molecule has 1 atom stereocenters. The second kappa shape index (κ2) is 13.2. The zero-order valence-electron chi connectivity index (χ0n) is 23.4. The van der Waals surface area contributed by atoms with Gasteiger partial charge in [-0.2, -0.15) is 0 Å². The van der Waals surface area contributed by atoms with Gasteiger partial charge in [0.05, 0.1) is 23.1 Å². The molecule has 1 aliphatic rings. The third-order valence-corrected chi connectivity index (χ3v) is 8.59. The fourth-order valence-electron chi connectivity index (χ4n) is 5.24. The maximum absolute atomic E-state index is 13.1. The molecule has 0 radical (unpaired) electrons. The molecular weight excluding hydrogens is 528 g/mol. The molecule has 0 unspecified atom stereocenters. The van der Waals surface area contributed by atoms with Gasteiger partial charge in [0, 0.05) is 44.5 Å². The number of rotatable bonds is 11. The first kappa shape index (κ1) is 29.5. The van der Waals surface area contributed by atoms with Gasteiger partial charge in [0.1, 0.15) is 0 Å². The van der Waals surface area contributed by atoms with Gasteiger partial charge in [-0.1, -0.05) is 47.6 Å². The molecule has 4 rings (SSSR count). The summed E-state index contributed by atoms with van der Waals surface area (Å²) in [6, 6.07) is 18.1. The monoisotopic (exact) mass is 566 g/mol. The van der Waals surface area contributed by atoms with Gasteiger partial charge >= 0.3 is 0 Å². The van der Waals surface area contributed by atoms with E-state index in [2.05, 4.69) is 15.4 Å². The first-order chi connectivity index (χ1) is 19.1. The molecule has 1 N–H and O–H groups in total. The Labute approximate surface area is 236 Å². The maximum Gasteiger partial charge on any atom is 0.290 e. The predicted octanol–water partition coefficient (Wildman–Crippen LogP) is 3.80. The van der Waals surface area contributed by atoms with E-state index in [0.29, 0.717) is 12.2 Å². The molecule has 0 spiro atoms. The highest BCUT2D eigenvalue weighted by Gasteiger charge is 2.28. The van der Waals surface area contributed by atoms with Gasteiger partial charge in [-0.05, 0) is 56.4 Å². The number of aromatic nitrogens is 1. The number of aryl methyl sites for hydroxylation is 1. The molecule has 10 heteroatoms. The maximum atomic E-state index is 13.1. The van der Waals surface area contributed by atoms with Crippen LogP contribution in [0.3, 0.4) is 0 Å². The Balaban J connectivity index is 1.30. The number of hydrogen-bond acceptors (Lipinski definition) is 7. The summed E-state index contributed by atoms with van der Waals surface area (Å²) in [5, 5.41) is 6.92. The Hall–Kier alpha value is -3.50. The highest BCUT2D eigenvalue weighted by atomic mass is 32.2. The van der Waals surface area contributed by atoms with Crippen molar-refractivity contribution in [2.45, 2.75) is 56.5 Å². The van der Waals surface area contributed by atoms with E-state index in [1.165, 1.54) is 6.26 Å². The summed E-state index contributed by atoms with van der Waals surface area (Å²) >= 11 is 0. The normalized spacial score (nSPS) is 15.5. The number of hydrogen-bond donors (Lipinski definition) is 1. The third kappa shape index (κ3) is 7.79. The summed E-state index contributed by atoms with van der Waals surface area (Å²) in [7, 11) is -3.26. The van der Waals surface area contributed by atoms with E-state index in [9.17, 15) is 18.0 Å². The fraction of sp³-hybridized carbons (Fsp3) is 0.433. The van der Waals surface area contributed by atoms with Crippen LogP contribution < -0.4 is 5.32 Å². The average Bonchev–Trinajstić information content (AvgIpc) is 3.39. The molecular formula is C30H38N4O5S. The van der Waals surface area contributed by atoms with E-state index in [0.717, 1.165) is 50.0 Å². The van der Waals surface area contributed by atoms with Crippen LogP contribution in [-0.4, -0.2) is 73.7 Å². The zero-order valence-corrected chi connectivity index (χ0v) is 24.2. The highest BCUT2D eigenvalue weighted by molar-refractivity contribution is 7.90. The number of likely N-dealkylation sites (tertiary alicyclic amines) is 1. The summed E-state index contributed by atoms with van der Waals surface area (Å²) < 4.78 is 28.6. The molecule has 1 fully saturated rings. The lowest BCUT2D eigenvalue weighted by atomic mass is 9.99. The molecule has 214 valence electrons. The number of piperidine rings is 1. The second-order valence-electron chi connectivity index (χ2n) is 10.4. The Bertz CT molecular complexity index is 1380. The van der Waals surface area contributed by atoms with Crippen LogP contribution in [0.25, 0.3) is 0 Å². The molecule has 1 saturated heterocycles. The quantitative estimate of drug-likeness (QED) is 0.376. The third-order valence-electron chi connectivity index (χ3n) is 7.46. The van der Waals surface area contributed by atoms with Crippen molar-refractivity contribution in [2.24, 2.45) is 0 Å². The van der Waals surface area contributed by atoms with Crippen LogP contribution in [0.15, 0.2) is 70.1 Å². The van der Waals surface area contributed by atoms with Crippen molar-refractivity contribution in [2.75, 3.05) is 32.4 Å². The Morgan fingerprint density at radius 2 is 1.77 bits per heavy atom. The largest absolute Gasteiger partial charge is 0.351 e. The Kier molecular flexibility index (Phi) is 9.76. The SMILES string of the molecule is CCN(C(=O)Cc1ccc(S(C)(=O)=O)cc1)C1CCN(CC[C@H](NC(=O)c2cc(C)no2)c2ccccc2)CC1. The average molecular weight is 567 g/mol. The molecule has 0 bridgehead atoms. The number of likely N-dealkylation sites (N-methyl/N-ethyl adjacent to an activating group) is 1. The topological polar surface area (TPSA) is 113 Å². The molecule has 9 nitrogen and oxygen atoms in total. The smallest absolute Gasteiger partial charge is 0.290 e. The lowest BCUT2D eigenvalue weighted by Crippen LogP contribution is -2.48. The molecule has 0 aliphatic carbocycles. The predicted molar refractivity (Wildman–Crippen MR) is 153 cm³/mol. The first-order valence-electron chi connectivity index (χ1n) is 13.7.